The minimum Gasteiger partial charge on any atom is -0.326 e. The summed E-state index contributed by atoms with van der Waals surface area (Å²) in [5.74, 6) is -0.0555. The fourth-order valence-corrected chi connectivity index (χ4v) is 4.93. The second-order valence-electron chi connectivity index (χ2n) is 7.84. The van der Waals surface area contributed by atoms with Gasteiger partial charge in [0.25, 0.3) is 0 Å². The van der Waals surface area contributed by atoms with E-state index in [0.29, 0.717) is 18.5 Å². The first-order valence-corrected chi connectivity index (χ1v) is 12.1. The number of benzene rings is 3. The maximum atomic E-state index is 13.1. The lowest BCUT2D eigenvalue weighted by Gasteiger charge is -2.17. The zero-order valence-electron chi connectivity index (χ0n) is 17.7. The molecule has 0 spiro atoms. The van der Waals surface area contributed by atoms with Gasteiger partial charge in [-0.25, -0.2) is 17.8 Å². The number of hydrogen-bond donors (Lipinski definition) is 2. The second kappa shape index (κ2) is 8.65. The maximum absolute atomic E-state index is 13.1. The molecule has 0 unspecified atom stereocenters. The Balaban J connectivity index is 1.44. The molecule has 4 aromatic rings. The zero-order chi connectivity index (χ0) is 22.8. The zero-order valence-corrected chi connectivity index (χ0v) is 18.5. The number of aryl methyl sites for hydroxylation is 1. The van der Waals surface area contributed by atoms with Crippen LogP contribution >= 0.6 is 0 Å². The fraction of sp³-hybridized carbons (Fsp3) is 0.120. The quantitative estimate of drug-likeness (QED) is 0.458. The number of hydrogen-bond acceptors (Lipinski definition) is 4. The number of nitrogens with zero attached hydrogens (tertiary/aromatic N) is 2. The van der Waals surface area contributed by atoms with Gasteiger partial charge in [-0.1, -0.05) is 48.5 Å². The van der Waals surface area contributed by atoms with Crippen molar-refractivity contribution in [2.45, 2.75) is 24.3 Å². The van der Waals surface area contributed by atoms with Crippen LogP contribution < -0.4 is 10.0 Å². The lowest BCUT2D eigenvalue weighted by atomic mass is 10.0. The van der Waals surface area contributed by atoms with Crippen LogP contribution in [0.25, 0.3) is 16.9 Å². The minimum atomic E-state index is -3.76. The smallest absolute Gasteiger partial charge is 0.240 e. The van der Waals surface area contributed by atoms with E-state index < -0.39 is 10.0 Å². The van der Waals surface area contributed by atoms with E-state index in [9.17, 15) is 13.2 Å². The molecule has 1 aromatic heterocycles. The van der Waals surface area contributed by atoms with Gasteiger partial charge in [-0.2, -0.15) is 5.10 Å². The number of nitrogens with one attached hydrogen (secondary N) is 2. The molecule has 7 nitrogen and oxygen atoms in total. The summed E-state index contributed by atoms with van der Waals surface area (Å²) in [4.78, 5) is 11.7. The Labute approximate surface area is 192 Å². The summed E-state index contributed by atoms with van der Waals surface area (Å²) in [6.07, 6.45) is 2.72. The molecule has 166 valence electrons. The van der Waals surface area contributed by atoms with Crippen molar-refractivity contribution in [1.82, 2.24) is 14.5 Å². The second-order valence-corrected chi connectivity index (χ2v) is 9.61. The summed E-state index contributed by atoms with van der Waals surface area (Å²) >= 11 is 0. The molecule has 3 aromatic carbocycles. The van der Waals surface area contributed by atoms with Gasteiger partial charge < -0.3 is 5.32 Å². The predicted octanol–water partition coefficient (Wildman–Crippen LogP) is 3.90. The van der Waals surface area contributed by atoms with Crippen molar-refractivity contribution in [3.63, 3.8) is 0 Å². The molecular formula is C25H22N4O3S. The van der Waals surface area contributed by atoms with Crippen LogP contribution in [-0.2, 0) is 27.8 Å². The van der Waals surface area contributed by atoms with Crippen molar-refractivity contribution in [1.29, 1.82) is 0 Å². The van der Waals surface area contributed by atoms with Gasteiger partial charge in [0.05, 0.1) is 16.3 Å². The molecule has 2 heterocycles. The highest BCUT2D eigenvalue weighted by molar-refractivity contribution is 7.89. The third-order valence-corrected chi connectivity index (χ3v) is 6.99. The first-order valence-electron chi connectivity index (χ1n) is 10.6. The summed E-state index contributed by atoms with van der Waals surface area (Å²) in [5.41, 5.74) is 4.76. The van der Waals surface area contributed by atoms with Gasteiger partial charge in [0.15, 0.2) is 0 Å². The Morgan fingerprint density at radius 3 is 2.42 bits per heavy atom. The fourth-order valence-electron chi connectivity index (χ4n) is 3.87. The normalized spacial score (nSPS) is 13.4. The number of para-hydroxylation sites is 1. The molecule has 0 bridgehead atoms. The molecule has 33 heavy (non-hydrogen) atoms. The summed E-state index contributed by atoms with van der Waals surface area (Å²) in [7, 11) is -3.76. The van der Waals surface area contributed by atoms with Gasteiger partial charge in [0.2, 0.25) is 15.9 Å². The van der Waals surface area contributed by atoms with Gasteiger partial charge >= 0.3 is 0 Å². The molecule has 0 atom stereocenters. The molecule has 5 rings (SSSR count). The molecule has 2 N–H and O–H groups in total. The maximum Gasteiger partial charge on any atom is 0.240 e. The number of amides is 1. The molecule has 0 fully saturated rings. The van der Waals surface area contributed by atoms with Crippen molar-refractivity contribution < 1.29 is 13.2 Å². The average molecular weight is 459 g/mol. The molecule has 0 saturated carbocycles. The van der Waals surface area contributed by atoms with Crippen molar-refractivity contribution in [2.75, 3.05) is 5.32 Å². The van der Waals surface area contributed by atoms with E-state index in [1.54, 1.807) is 16.8 Å². The van der Waals surface area contributed by atoms with Gasteiger partial charge in [-0.3, -0.25) is 4.79 Å². The number of sulfonamides is 1. The number of carbonyl (C=O) groups excluding carboxylic acids is 1. The Bertz CT molecular complexity index is 1410. The van der Waals surface area contributed by atoms with E-state index in [1.807, 2.05) is 66.9 Å². The lowest BCUT2D eigenvalue weighted by Crippen LogP contribution is -2.24. The summed E-state index contributed by atoms with van der Waals surface area (Å²) in [5, 5.41) is 7.51. The highest BCUT2D eigenvalue weighted by atomic mass is 32.2. The molecule has 1 amide bonds. The Morgan fingerprint density at radius 2 is 1.67 bits per heavy atom. The summed E-state index contributed by atoms with van der Waals surface area (Å²) in [6.45, 7) is 0.0905. The van der Waals surface area contributed by atoms with Crippen LogP contribution in [0.2, 0.25) is 0 Å². The van der Waals surface area contributed by atoms with Crippen LogP contribution in [0.4, 0.5) is 5.69 Å². The Kier molecular flexibility index (Phi) is 5.53. The Hall–Kier alpha value is -3.75. The predicted molar refractivity (Wildman–Crippen MR) is 126 cm³/mol. The summed E-state index contributed by atoms with van der Waals surface area (Å²) in [6, 6.07) is 24.2. The lowest BCUT2D eigenvalue weighted by molar-refractivity contribution is -0.116. The standard InChI is InChI=1S/C25H22N4O3S/c30-24-14-11-19-15-22(12-13-23(19)27-24)33(31,32)26-16-20-17-29(21-9-5-2-6-10-21)28-25(20)18-7-3-1-4-8-18/h1-10,12-13,15,17,26H,11,14,16H2,(H,27,30). The topological polar surface area (TPSA) is 93.1 Å². The van der Waals surface area contributed by atoms with Gasteiger partial charge in [0, 0.05) is 36.0 Å². The van der Waals surface area contributed by atoms with Crippen molar-refractivity contribution in [3.8, 4) is 16.9 Å². The first kappa shape index (κ1) is 21.1. The van der Waals surface area contributed by atoms with Crippen molar-refractivity contribution in [2.24, 2.45) is 0 Å². The van der Waals surface area contributed by atoms with E-state index in [0.717, 1.165) is 28.1 Å². The van der Waals surface area contributed by atoms with Crippen LogP contribution in [0, 0.1) is 0 Å². The van der Waals surface area contributed by atoms with E-state index in [-0.39, 0.29) is 17.3 Å². The van der Waals surface area contributed by atoms with Crippen molar-refractivity contribution >= 4 is 21.6 Å². The number of rotatable bonds is 6. The van der Waals surface area contributed by atoms with E-state index >= 15 is 0 Å². The van der Waals surface area contributed by atoms with Crippen LogP contribution in [-0.4, -0.2) is 24.1 Å². The molecule has 8 heteroatoms. The van der Waals surface area contributed by atoms with E-state index in [2.05, 4.69) is 10.0 Å². The highest BCUT2D eigenvalue weighted by Gasteiger charge is 2.21. The molecule has 0 saturated heterocycles. The van der Waals surface area contributed by atoms with Crippen LogP contribution in [0.1, 0.15) is 17.5 Å². The third kappa shape index (κ3) is 4.44. The van der Waals surface area contributed by atoms with Crippen LogP contribution in [0.3, 0.4) is 0 Å². The molecule has 1 aliphatic rings. The van der Waals surface area contributed by atoms with Gasteiger partial charge in [0.1, 0.15) is 0 Å². The highest BCUT2D eigenvalue weighted by Crippen LogP contribution is 2.27. The number of fused-ring (bicyclic) bond motifs is 1. The summed E-state index contributed by atoms with van der Waals surface area (Å²) < 4.78 is 30.6. The van der Waals surface area contributed by atoms with Crippen LogP contribution in [0.5, 0.6) is 0 Å². The molecule has 1 aliphatic heterocycles. The van der Waals surface area contributed by atoms with E-state index in [1.165, 1.54) is 6.07 Å². The van der Waals surface area contributed by atoms with Gasteiger partial charge in [-0.05, 0) is 42.3 Å². The third-order valence-electron chi connectivity index (χ3n) is 5.59. The molecule has 0 radical (unpaired) electrons. The van der Waals surface area contributed by atoms with Crippen LogP contribution in [0.15, 0.2) is 90.0 Å². The van der Waals surface area contributed by atoms with Gasteiger partial charge in [-0.15, -0.1) is 0 Å². The molecular weight excluding hydrogens is 436 g/mol. The van der Waals surface area contributed by atoms with Crippen molar-refractivity contribution in [3.05, 3.63) is 96.2 Å². The molecule has 0 aliphatic carbocycles. The minimum absolute atomic E-state index is 0.0555. The SMILES string of the molecule is O=C1CCc2cc(S(=O)(=O)NCc3cn(-c4ccccc4)nc3-c3ccccc3)ccc2N1. The number of aromatic nitrogens is 2. The first-order chi connectivity index (χ1) is 16.0. The van der Waals surface area contributed by atoms with E-state index in [4.69, 9.17) is 5.10 Å². The Morgan fingerprint density at radius 1 is 0.939 bits per heavy atom. The largest absolute Gasteiger partial charge is 0.326 e. The average Bonchev–Trinajstić information content (AvgIpc) is 3.28. The monoisotopic (exact) mass is 458 g/mol. The number of anilines is 1. The number of carbonyl (C=O) groups is 1.